The lowest BCUT2D eigenvalue weighted by molar-refractivity contribution is 0.354. The van der Waals surface area contributed by atoms with E-state index in [1.165, 1.54) is 0 Å². The van der Waals surface area contributed by atoms with E-state index < -0.39 is 0 Å². The molecule has 0 saturated heterocycles. The Kier molecular flexibility index (Phi) is 7.00. The number of ether oxygens (including phenoxy) is 2. The Balaban J connectivity index is 0.00000243. The maximum atomic E-state index is 5.61. The molecule has 3 aromatic rings. The molecule has 2 aromatic carbocycles. The average Bonchev–Trinajstić information content (AvgIpc) is 3.15. The van der Waals surface area contributed by atoms with E-state index in [1.54, 1.807) is 14.2 Å². The maximum Gasteiger partial charge on any atom is 0.227 e. The van der Waals surface area contributed by atoms with Gasteiger partial charge in [0.15, 0.2) is 11.5 Å². The van der Waals surface area contributed by atoms with E-state index in [4.69, 9.17) is 19.7 Å². The predicted molar refractivity (Wildman–Crippen MR) is 102 cm³/mol. The van der Waals surface area contributed by atoms with E-state index in [0.717, 1.165) is 23.1 Å². The number of nitrogens with two attached hydrogens (primary N) is 1. The van der Waals surface area contributed by atoms with E-state index in [9.17, 15) is 0 Å². The van der Waals surface area contributed by atoms with Gasteiger partial charge in [0, 0.05) is 18.5 Å². The molecule has 26 heavy (non-hydrogen) atoms. The van der Waals surface area contributed by atoms with Crippen LogP contribution in [0.4, 0.5) is 0 Å². The molecule has 0 spiro atoms. The van der Waals surface area contributed by atoms with Crippen LogP contribution in [0.15, 0.2) is 47.0 Å². The van der Waals surface area contributed by atoms with Gasteiger partial charge >= 0.3 is 0 Å². The summed E-state index contributed by atoms with van der Waals surface area (Å²) in [6, 6.07) is 13.7. The minimum atomic E-state index is 0. The van der Waals surface area contributed by atoms with Crippen molar-refractivity contribution in [1.29, 1.82) is 0 Å². The molecule has 0 aliphatic carbocycles. The number of hydrogen-bond donors (Lipinski definition) is 1. The Bertz CT molecular complexity index is 834. The van der Waals surface area contributed by atoms with Crippen LogP contribution in [0.3, 0.4) is 0 Å². The van der Waals surface area contributed by atoms with E-state index in [2.05, 4.69) is 10.1 Å². The normalized spacial score (nSPS) is 10.3. The van der Waals surface area contributed by atoms with Crippen molar-refractivity contribution in [1.82, 2.24) is 10.1 Å². The van der Waals surface area contributed by atoms with Gasteiger partial charge in [-0.3, -0.25) is 0 Å². The predicted octanol–water partition coefficient (Wildman–Crippen LogP) is 3.42. The number of hydrogen-bond acceptors (Lipinski definition) is 6. The molecule has 1 aromatic heterocycles. The molecule has 0 aliphatic heterocycles. The zero-order valence-electron chi connectivity index (χ0n) is 14.8. The standard InChI is InChI=1S/C19H21N3O3.ClH/c1-23-16-9-5-13(11-17(16)24-2)6-10-18-21-19(22-25-18)15-7-3-14(12-20)4-8-15;/h3-5,7-9,11H,6,10,12,20H2,1-2H3;1H. The summed E-state index contributed by atoms with van der Waals surface area (Å²) in [4.78, 5) is 4.46. The highest BCUT2D eigenvalue weighted by molar-refractivity contribution is 5.85. The number of halogens is 1. The first kappa shape index (κ1) is 19.8. The van der Waals surface area contributed by atoms with Crippen LogP contribution in [-0.2, 0) is 19.4 Å². The smallest absolute Gasteiger partial charge is 0.227 e. The highest BCUT2D eigenvalue weighted by atomic mass is 35.5. The Hall–Kier alpha value is -2.57. The van der Waals surface area contributed by atoms with E-state index in [-0.39, 0.29) is 12.4 Å². The summed E-state index contributed by atoms with van der Waals surface area (Å²) in [6.45, 7) is 0.517. The molecule has 1 heterocycles. The number of methoxy groups -OCH3 is 2. The van der Waals surface area contributed by atoms with Crippen molar-refractivity contribution in [2.75, 3.05) is 14.2 Å². The molecule has 0 aliphatic rings. The van der Waals surface area contributed by atoms with Gasteiger partial charge in [0.1, 0.15) is 0 Å². The van der Waals surface area contributed by atoms with Gasteiger partial charge in [-0.2, -0.15) is 4.98 Å². The molecule has 0 radical (unpaired) electrons. The zero-order valence-corrected chi connectivity index (χ0v) is 15.6. The molecule has 7 heteroatoms. The average molecular weight is 376 g/mol. The quantitative estimate of drug-likeness (QED) is 0.681. The van der Waals surface area contributed by atoms with E-state index in [0.29, 0.717) is 36.2 Å². The highest BCUT2D eigenvalue weighted by Gasteiger charge is 2.10. The summed E-state index contributed by atoms with van der Waals surface area (Å²) in [5.41, 5.74) is 8.71. The van der Waals surface area contributed by atoms with Crippen molar-refractivity contribution >= 4 is 12.4 Å². The maximum absolute atomic E-state index is 5.61. The Morgan fingerprint density at radius 2 is 1.62 bits per heavy atom. The first-order valence-electron chi connectivity index (χ1n) is 8.06. The molecular formula is C19H22ClN3O3. The topological polar surface area (TPSA) is 83.4 Å². The van der Waals surface area contributed by atoms with Gasteiger partial charge in [-0.1, -0.05) is 35.5 Å². The van der Waals surface area contributed by atoms with Crippen LogP contribution in [0.5, 0.6) is 11.5 Å². The molecule has 2 N–H and O–H groups in total. The Labute approximate surface area is 158 Å². The van der Waals surface area contributed by atoms with Gasteiger partial charge in [0.25, 0.3) is 0 Å². The van der Waals surface area contributed by atoms with Crippen LogP contribution in [0, 0.1) is 0 Å². The molecule has 6 nitrogen and oxygen atoms in total. The molecule has 138 valence electrons. The van der Waals surface area contributed by atoms with Gasteiger partial charge < -0.3 is 19.7 Å². The fraction of sp³-hybridized carbons (Fsp3) is 0.263. The van der Waals surface area contributed by atoms with Crippen LogP contribution in [0.1, 0.15) is 17.0 Å². The van der Waals surface area contributed by atoms with Crippen LogP contribution < -0.4 is 15.2 Å². The van der Waals surface area contributed by atoms with E-state index >= 15 is 0 Å². The summed E-state index contributed by atoms with van der Waals surface area (Å²) in [7, 11) is 3.25. The number of benzene rings is 2. The SMILES string of the molecule is COc1ccc(CCc2nc(-c3ccc(CN)cc3)no2)cc1OC.Cl. The fourth-order valence-electron chi connectivity index (χ4n) is 2.55. The second kappa shape index (κ2) is 9.22. The lowest BCUT2D eigenvalue weighted by atomic mass is 10.1. The first-order valence-corrected chi connectivity index (χ1v) is 8.06. The Morgan fingerprint density at radius 1 is 0.923 bits per heavy atom. The number of rotatable bonds is 7. The third kappa shape index (κ3) is 4.53. The summed E-state index contributed by atoms with van der Waals surface area (Å²) < 4.78 is 15.9. The molecule has 0 saturated carbocycles. The molecule has 0 bridgehead atoms. The van der Waals surface area contributed by atoms with Crippen molar-refractivity contribution < 1.29 is 14.0 Å². The van der Waals surface area contributed by atoms with Crippen molar-refractivity contribution in [2.45, 2.75) is 19.4 Å². The highest BCUT2D eigenvalue weighted by Crippen LogP contribution is 2.28. The number of aryl methyl sites for hydroxylation is 2. The van der Waals surface area contributed by atoms with Gasteiger partial charge in [0.05, 0.1) is 14.2 Å². The summed E-state index contributed by atoms with van der Waals surface area (Å²) in [5, 5.41) is 4.05. The van der Waals surface area contributed by atoms with Crippen molar-refractivity contribution in [2.24, 2.45) is 5.73 Å². The van der Waals surface area contributed by atoms with Crippen molar-refractivity contribution in [3.05, 3.63) is 59.5 Å². The van der Waals surface area contributed by atoms with E-state index in [1.807, 2.05) is 42.5 Å². The van der Waals surface area contributed by atoms with Gasteiger partial charge in [-0.05, 0) is 29.7 Å². The Morgan fingerprint density at radius 3 is 2.27 bits per heavy atom. The van der Waals surface area contributed by atoms with Crippen LogP contribution in [-0.4, -0.2) is 24.4 Å². The molecule has 0 fully saturated rings. The second-order valence-electron chi connectivity index (χ2n) is 5.60. The van der Waals surface area contributed by atoms with Gasteiger partial charge in [-0.15, -0.1) is 12.4 Å². The molecule has 0 atom stereocenters. The summed E-state index contributed by atoms with van der Waals surface area (Å²) >= 11 is 0. The largest absolute Gasteiger partial charge is 0.493 e. The van der Waals surface area contributed by atoms with Crippen molar-refractivity contribution in [3.63, 3.8) is 0 Å². The van der Waals surface area contributed by atoms with Crippen LogP contribution >= 0.6 is 12.4 Å². The first-order chi connectivity index (χ1) is 12.2. The summed E-state index contributed by atoms with van der Waals surface area (Å²) in [5.74, 6) is 2.62. The summed E-state index contributed by atoms with van der Waals surface area (Å²) in [6.07, 6.45) is 1.43. The van der Waals surface area contributed by atoms with Crippen LogP contribution in [0.25, 0.3) is 11.4 Å². The monoisotopic (exact) mass is 375 g/mol. The third-order valence-corrected chi connectivity index (χ3v) is 3.99. The molecule has 0 unspecified atom stereocenters. The third-order valence-electron chi connectivity index (χ3n) is 3.99. The fourth-order valence-corrected chi connectivity index (χ4v) is 2.55. The molecule has 0 amide bonds. The van der Waals surface area contributed by atoms with Crippen LogP contribution in [0.2, 0.25) is 0 Å². The van der Waals surface area contributed by atoms with Crippen molar-refractivity contribution in [3.8, 4) is 22.9 Å². The van der Waals surface area contributed by atoms with Gasteiger partial charge in [-0.25, -0.2) is 0 Å². The molecular weight excluding hydrogens is 354 g/mol. The lowest BCUT2D eigenvalue weighted by Gasteiger charge is -2.08. The second-order valence-corrected chi connectivity index (χ2v) is 5.60. The zero-order chi connectivity index (χ0) is 17.6. The number of aromatic nitrogens is 2. The van der Waals surface area contributed by atoms with Gasteiger partial charge in [0.2, 0.25) is 11.7 Å². The minimum absolute atomic E-state index is 0. The molecule has 3 rings (SSSR count). The number of nitrogens with zero attached hydrogens (tertiary/aromatic N) is 2. The minimum Gasteiger partial charge on any atom is -0.493 e. The lowest BCUT2D eigenvalue weighted by Crippen LogP contribution is -1.96.